The van der Waals surface area contributed by atoms with Crippen molar-refractivity contribution < 1.29 is 17.9 Å². The van der Waals surface area contributed by atoms with Crippen LogP contribution in [-0.2, 0) is 15.6 Å². The molecule has 7 heteroatoms. The minimum Gasteiger partial charge on any atom is -0.497 e. The first-order chi connectivity index (χ1) is 12.9. The summed E-state index contributed by atoms with van der Waals surface area (Å²) in [7, 11) is -0.751. The molecule has 2 aromatic carbocycles. The maximum atomic E-state index is 13.0. The zero-order valence-electron chi connectivity index (χ0n) is 14.8. The van der Waals surface area contributed by atoms with Crippen LogP contribution < -0.4 is 9.47 Å². The van der Waals surface area contributed by atoms with Crippen LogP contribution in [0.25, 0.3) is 11.1 Å². The molecule has 140 valence electrons. The topological polar surface area (TPSA) is 65.5 Å². The highest BCUT2D eigenvalue weighted by molar-refractivity contribution is 7.90. The first-order valence-corrected chi connectivity index (χ1v) is 10.1. The normalized spacial score (nSPS) is 11.2. The average Bonchev–Trinajstić information content (AvgIpc) is 2.67. The summed E-state index contributed by atoms with van der Waals surface area (Å²) in [6.45, 7) is 0. The van der Waals surface area contributed by atoms with Gasteiger partial charge in [-0.1, -0.05) is 23.7 Å². The maximum absolute atomic E-state index is 13.0. The fourth-order valence-electron chi connectivity index (χ4n) is 2.72. The van der Waals surface area contributed by atoms with Gasteiger partial charge in [-0.25, -0.2) is 8.42 Å². The summed E-state index contributed by atoms with van der Waals surface area (Å²) in [5.41, 5.74) is 2.23. The molecule has 0 spiro atoms. The molecule has 0 aliphatic carbocycles. The van der Waals surface area contributed by atoms with Crippen LogP contribution in [0, 0.1) is 0 Å². The predicted octanol–water partition coefficient (Wildman–Crippen LogP) is 4.39. The highest BCUT2D eigenvalue weighted by Crippen LogP contribution is 2.31. The first kappa shape index (κ1) is 19.2. The van der Waals surface area contributed by atoms with Gasteiger partial charge >= 0.3 is 0 Å². The van der Waals surface area contributed by atoms with E-state index in [1.165, 1.54) is 26.5 Å². The lowest BCUT2D eigenvalue weighted by Crippen LogP contribution is -2.07. The largest absolute Gasteiger partial charge is 0.497 e. The lowest BCUT2D eigenvalue weighted by atomic mass is 10.1. The van der Waals surface area contributed by atoms with Gasteiger partial charge in [-0.15, -0.1) is 0 Å². The summed E-state index contributed by atoms with van der Waals surface area (Å²) in [5.74, 6) is 0.507. The van der Waals surface area contributed by atoms with Crippen LogP contribution in [0.15, 0.2) is 65.8 Å². The number of nitrogens with zero attached hydrogens (tertiary/aromatic N) is 1. The van der Waals surface area contributed by atoms with Gasteiger partial charge in [0.2, 0.25) is 0 Å². The molecular formula is C20H18ClNO4S. The van der Waals surface area contributed by atoms with Crippen LogP contribution in [-0.4, -0.2) is 27.6 Å². The Labute approximate surface area is 163 Å². The minimum atomic E-state index is -3.67. The van der Waals surface area contributed by atoms with Crippen molar-refractivity contribution in [1.29, 1.82) is 0 Å². The standard InChI is InChI=1S/C20H18ClNO4S/c1-25-18-6-7-19(26-2)20(10-18)27(23,24)13-14-8-16(12-22-11-14)15-4-3-5-17(21)9-15/h3-12H,13H2,1-2H3. The number of hydrogen-bond acceptors (Lipinski definition) is 5. The number of sulfone groups is 1. The second-order valence-electron chi connectivity index (χ2n) is 5.87. The molecule has 0 atom stereocenters. The number of halogens is 1. The van der Waals surface area contributed by atoms with Gasteiger partial charge in [0, 0.05) is 29.0 Å². The summed E-state index contributed by atoms with van der Waals surface area (Å²) in [6, 6.07) is 13.8. The molecule has 27 heavy (non-hydrogen) atoms. The number of hydrogen-bond donors (Lipinski definition) is 0. The van der Waals surface area contributed by atoms with Crippen LogP contribution >= 0.6 is 11.6 Å². The van der Waals surface area contributed by atoms with Gasteiger partial charge in [0.25, 0.3) is 0 Å². The predicted molar refractivity (Wildman–Crippen MR) is 105 cm³/mol. The van der Waals surface area contributed by atoms with E-state index < -0.39 is 9.84 Å². The molecule has 0 fully saturated rings. The van der Waals surface area contributed by atoms with Gasteiger partial charge in [-0.3, -0.25) is 4.98 Å². The lowest BCUT2D eigenvalue weighted by Gasteiger charge is -2.12. The van der Waals surface area contributed by atoms with Crippen molar-refractivity contribution in [2.24, 2.45) is 0 Å². The Morgan fingerprint density at radius 1 is 0.963 bits per heavy atom. The number of benzene rings is 2. The maximum Gasteiger partial charge on any atom is 0.186 e. The van der Waals surface area contributed by atoms with E-state index in [2.05, 4.69) is 4.98 Å². The van der Waals surface area contributed by atoms with E-state index in [0.717, 1.165) is 11.1 Å². The molecule has 1 aromatic heterocycles. The monoisotopic (exact) mass is 403 g/mol. The third-order valence-corrected chi connectivity index (χ3v) is 5.95. The van der Waals surface area contributed by atoms with Crippen molar-refractivity contribution in [3.05, 3.63) is 71.5 Å². The van der Waals surface area contributed by atoms with Gasteiger partial charge in [0.05, 0.1) is 20.0 Å². The average molecular weight is 404 g/mol. The van der Waals surface area contributed by atoms with E-state index in [4.69, 9.17) is 21.1 Å². The van der Waals surface area contributed by atoms with E-state index in [1.54, 1.807) is 30.5 Å². The van der Waals surface area contributed by atoms with Crippen LogP contribution in [0.2, 0.25) is 5.02 Å². The molecule has 3 rings (SSSR count). The highest BCUT2D eigenvalue weighted by Gasteiger charge is 2.22. The Balaban J connectivity index is 1.96. The molecule has 0 saturated heterocycles. The Hall–Kier alpha value is -2.57. The second kappa shape index (κ2) is 7.98. The summed E-state index contributed by atoms with van der Waals surface area (Å²) >= 11 is 6.04. The van der Waals surface area contributed by atoms with Crippen LogP contribution in [0.4, 0.5) is 0 Å². The minimum absolute atomic E-state index is 0.0810. The first-order valence-electron chi connectivity index (χ1n) is 8.07. The van der Waals surface area contributed by atoms with Gasteiger partial charge in [0.1, 0.15) is 16.4 Å². The molecular weight excluding hydrogens is 386 g/mol. The van der Waals surface area contributed by atoms with Crippen molar-refractivity contribution >= 4 is 21.4 Å². The van der Waals surface area contributed by atoms with Gasteiger partial charge in [-0.2, -0.15) is 0 Å². The third kappa shape index (κ3) is 4.40. The van der Waals surface area contributed by atoms with E-state index >= 15 is 0 Å². The van der Waals surface area contributed by atoms with Gasteiger partial charge < -0.3 is 9.47 Å². The quantitative estimate of drug-likeness (QED) is 0.610. The molecule has 3 aromatic rings. The highest BCUT2D eigenvalue weighted by atomic mass is 35.5. The van der Waals surface area contributed by atoms with E-state index in [1.807, 2.05) is 18.2 Å². The Morgan fingerprint density at radius 3 is 2.48 bits per heavy atom. The molecule has 5 nitrogen and oxygen atoms in total. The smallest absolute Gasteiger partial charge is 0.186 e. The summed E-state index contributed by atoms with van der Waals surface area (Å²) in [6.07, 6.45) is 3.21. The van der Waals surface area contributed by atoms with Crippen LogP contribution in [0.1, 0.15) is 5.56 Å². The molecule has 0 amide bonds. The molecule has 0 bridgehead atoms. The SMILES string of the molecule is COc1ccc(OC)c(S(=O)(=O)Cc2cncc(-c3cccc(Cl)c3)c2)c1. The fraction of sp³-hybridized carbons (Fsp3) is 0.150. The molecule has 1 heterocycles. The Bertz CT molecular complexity index is 1070. The molecule has 0 aliphatic rings. The van der Waals surface area contributed by atoms with E-state index in [-0.39, 0.29) is 16.4 Å². The second-order valence-corrected chi connectivity index (χ2v) is 8.26. The zero-order valence-corrected chi connectivity index (χ0v) is 16.4. The fourth-order valence-corrected chi connectivity index (χ4v) is 4.41. The molecule has 0 aliphatic heterocycles. The number of methoxy groups -OCH3 is 2. The van der Waals surface area contributed by atoms with Crippen molar-refractivity contribution in [2.45, 2.75) is 10.6 Å². The molecule has 0 unspecified atom stereocenters. The number of ether oxygens (including phenoxy) is 2. The Morgan fingerprint density at radius 2 is 1.78 bits per heavy atom. The number of rotatable bonds is 6. The molecule has 0 radical (unpaired) electrons. The van der Waals surface area contributed by atoms with Crippen molar-refractivity contribution in [3.63, 3.8) is 0 Å². The summed E-state index contributed by atoms with van der Waals surface area (Å²) in [5, 5.41) is 0.603. The summed E-state index contributed by atoms with van der Waals surface area (Å²) in [4.78, 5) is 4.26. The van der Waals surface area contributed by atoms with Crippen molar-refractivity contribution in [1.82, 2.24) is 4.98 Å². The van der Waals surface area contributed by atoms with Gasteiger partial charge in [-0.05, 0) is 41.5 Å². The number of aromatic nitrogens is 1. The van der Waals surface area contributed by atoms with Crippen molar-refractivity contribution in [2.75, 3.05) is 14.2 Å². The molecule has 0 saturated carbocycles. The molecule has 0 N–H and O–H groups in total. The third-order valence-electron chi connectivity index (χ3n) is 4.02. The van der Waals surface area contributed by atoms with E-state index in [0.29, 0.717) is 16.3 Å². The number of pyridine rings is 1. The Kier molecular flexibility index (Phi) is 5.68. The summed E-state index contributed by atoms with van der Waals surface area (Å²) < 4.78 is 36.3. The van der Waals surface area contributed by atoms with Crippen LogP contribution in [0.5, 0.6) is 11.5 Å². The lowest BCUT2D eigenvalue weighted by molar-refractivity contribution is 0.392. The van der Waals surface area contributed by atoms with Crippen molar-refractivity contribution in [3.8, 4) is 22.6 Å². The van der Waals surface area contributed by atoms with E-state index in [9.17, 15) is 8.42 Å². The van der Waals surface area contributed by atoms with Crippen LogP contribution in [0.3, 0.4) is 0 Å². The zero-order chi connectivity index (χ0) is 19.4. The van der Waals surface area contributed by atoms with Gasteiger partial charge in [0.15, 0.2) is 9.84 Å².